The molecule has 2 unspecified atom stereocenters. The summed E-state index contributed by atoms with van der Waals surface area (Å²) in [4.78, 5) is 20.5. The van der Waals surface area contributed by atoms with Gasteiger partial charge in [0.15, 0.2) is 6.61 Å². The fraction of sp³-hybridized carbons (Fsp3) is 0.611. The van der Waals surface area contributed by atoms with Gasteiger partial charge in [0.05, 0.1) is 11.7 Å². The van der Waals surface area contributed by atoms with Crippen molar-refractivity contribution in [1.29, 1.82) is 0 Å². The van der Waals surface area contributed by atoms with Gasteiger partial charge in [0.1, 0.15) is 0 Å². The van der Waals surface area contributed by atoms with Gasteiger partial charge >= 0.3 is 5.97 Å². The highest BCUT2D eigenvalue weighted by Crippen LogP contribution is 2.28. The molecule has 1 aromatic heterocycles. The second-order valence-electron chi connectivity index (χ2n) is 6.41. The summed E-state index contributed by atoms with van der Waals surface area (Å²) >= 11 is 0. The maximum absolute atomic E-state index is 11.0. The normalized spacial score (nSPS) is 24.3. The van der Waals surface area contributed by atoms with Gasteiger partial charge in [-0.05, 0) is 44.4 Å². The van der Waals surface area contributed by atoms with Crippen molar-refractivity contribution in [3.8, 4) is 0 Å². The van der Waals surface area contributed by atoms with E-state index in [2.05, 4.69) is 24.1 Å². The maximum atomic E-state index is 11.0. The summed E-state index contributed by atoms with van der Waals surface area (Å²) in [5, 5.41) is 0. The number of hydrogen-bond acceptors (Lipinski definition) is 5. The number of carbonyl (C=O) groups is 1. The van der Waals surface area contributed by atoms with E-state index in [1.54, 1.807) is 0 Å². The largest absolute Gasteiger partial charge is 0.456 e. The average molecular weight is 316 g/mol. The third kappa shape index (κ3) is 3.89. The standard InChI is InChI=1S/C18H24N2O3/c1-12-7-6-10-15-17(12)18(19-14-8-4-3-5-9-14)23-16(20-15)11-22-13(2)21/h3-4,12,14H,5-11H2,1-2H3/b19-18-. The van der Waals surface area contributed by atoms with Gasteiger partial charge in [0, 0.05) is 12.5 Å². The van der Waals surface area contributed by atoms with Crippen molar-refractivity contribution in [2.24, 2.45) is 4.99 Å². The first-order valence-electron chi connectivity index (χ1n) is 8.48. The van der Waals surface area contributed by atoms with Crippen LogP contribution in [-0.4, -0.2) is 17.0 Å². The number of ether oxygens (including phenoxy) is 1. The Labute approximate surface area is 136 Å². The van der Waals surface area contributed by atoms with Crippen molar-refractivity contribution in [3.63, 3.8) is 0 Å². The number of aryl methyl sites for hydroxylation is 1. The van der Waals surface area contributed by atoms with Crippen LogP contribution in [0.4, 0.5) is 0 Å². The Morgan fingerprint density at radius 3 is 3.04 bits per heavy atom. The molecule has 0 aromatic carbocycles. The van der Waals surface area contributed by atoms with Crippen molar-refractivity contribution in [1.82, 2.24) is 4.98 Å². The molecule has 0 saturated carbocycles. The van der Waals surface area contributed by atoms with Crippen LogP contribution in [0.3, 0.4) is 0 Å². The molecule has 5 nitrogen and oxygen atoms in total. The lowest BCUT2D eigenvalue weighted by atomic mass is 9.88. The number of aromatic nitrogens is 1. The molecule has 0 saturated heterocycles. The lowest BCUT2D eigenvalue weighted by Gasteiger charge is -2.22. The van der Waals surface area contributed by atoms with Gasteiger partial charge < -0.3 is 9.15 Å². The molecule has 23 heavy (non-hydrogen) atoms. The fourth-order valence-corrected chi connectivity index (χ4v) is 3.31. The topological polar surface area (TPSA) is 64.7 Å². The molecule has 1 aromatic rings. The van der Waals surface area contributed by atoms with Gasteiger partial charge in [-0.3, -0.25) is 4.79 Å². The second kappa shape index (κ2) is 7.11. The van der Waals surface area contributed by atoms with Crippen LogP contribution in [0.15, 0.2) is 21.6 Å². The molecule has 0 aliphatic heterocycles. The molecular weight excluding hydrogens is 292 g/mol. The fourth-order valence-electron chi connectivity index (χ4n) is 3.31. The summed E-state index contributed by atoms with van der Waals surface area (Å²) < 4.78 is 11.0. The highest BCUT2D eigenvalue weighted by Gasteiger charge is 2.23. The van der Waals surface area contributed by atoms with E-state index in [-0.39, 0.29) is 18.6 Å². The molecule has 0 fully saturated rings. The van der Waals surface area contributed by atoms with Gasteiger partial charge in [-0.2, -0.15) is 0 Å². The van der Waals surface area contributed by atoms with Gasteiger partial charge in [-0.1, -0.05) is 19.1 Å². The molecule has 0 bridgehead atoms. The smallest absolute Gasteiger partial charge is 0.303 e. The van der Waals surface area contributed by atoms with E-state index in [9.17, 15) is 4.79 Å². The molecule has 0 spiro atoms. The number of fused-ring (bicyclic) bond motifs is 1. The Balaban J connectivity index is 1.99. The number of hydrogen-bond donors (Lipinski definition) is 0. The maximum Gasteiger partial charge on any atom is 0.303 e. The highest BCUT2D eigenvalue weighted by molar-refractivity contribution is 5.65. The number of esters is 1. The van der Waals surface area contributed by atoms with Gasteiger partial charge in [-0.15, -0.1) is 0 Å². The van der Waals surface area contributed by atoms with Gasteiger partial charge in [-0.25, -0.2) is 9.98 Å². The van der Waals surface area contributed by atoms with E-state index in [1.807, 2.05) is 0 Å². The predicted octanol–water partition coefficient (Wildman–Crippen LogP) is 3.19. The van der Waals surface area contributed by atoms with Gasteiger partial charge in [0.2, 0.25) is 11.4 Å². The average Bonchev–Trinajstić information content (AvgIpc) is 2.54. The highest BCUT2D eigenvalue weighted by atomic mass is 16.5. The van der Waals surface area contributed by atoms with Crippen LogP contribution >= 0.6 is 0 Å². The molecule has 0 radical (unpaired) electrons. The summed E-state index contributed by atoms with van der Waals surface area (Å²) in [6.07, 6.45) is 10.7. The Morgan fingerprint density at radius 1 is 1.43 bits per heavy atom. The molecule has 0 amide bonds. The molecule has 124 valence electrons. The van der Waals surface area contributed by atoms with E-state index in [0.717, 1.165) is 49.8 Å². The van der Waals surface area contributed by atoms with E-state index >= 15 is 0 Å². The SMILES string of the molecule is CC(=O)OCc1nc2c(/c(=N/C3CC=CCC3)o1)C(C)CCC2. The molecule has 0 N–H and O–H groups in total. The lowest BCUT2D eigenvalue weighted by Crippen LogP contribution is -2.25. The Morgan fingerprint density at radius 2 is 2.30 bits per heavy atom. The third-order valence-electron chi connectivity index (χ3n) is 4.50. The zero-order chi connectivity index (χ0) is 16.2. The van der Waals surface area contributed by atoms with Crippen LogP contribution in [0.1, 0.15) is 69.0 Å². The van der Waals surface area contributed by atoms with Crippen LogP contribution in [0.2, 0.25) is 0 Å². The number of carbonyl (C=O) groups excluding carboxylic acids is 1. The van der Waals surface area contributed by atoms with E-state index in [0.29, 0.717) is 17.4 Å². The Bertz CT molecular complexity index is 675. The molecule has 3 rings (SSSR count). The minimum absolute atomic E-state index is 0.0735. The molecule has 2 aliphatic carbocycles. The third-order valence-corrected chi connectivity index (χ3v) is 4.50. The Hall–Kier alpha value is -1.91. The first kappa shape index (κ1) is 16.0. The van der Waals surface area contributed by atoms with Crippen LogP contribution in [0, 0.1) is 0 Å². The lowest BCUT2D eigenvalue weighted by molar-refractivity contribution is -0.143. The molecule has 1 heterocycles. The van der Waals surface area contributed by atoms with Crippen LogP contribution in [0.5, 0.6) is 0 Å². The van der Waals surface area contributed by atoms with Crippen LogP contribution in [0.25, 0.3) is 0 Å². The van der Waals surface area contributed by atoms with Crippen LogP contribution in [-0.2, 0) is 22.6 Å². The van der Waals surface area contributed by atoms with Gasteiger partial charge in [0.25, 0.3) is 0 Å². The zero-order valence-corrected chi connectivity index (χ0v) is 13.9. The molecular formula is C18H24N2O3. The summed E-state index contributed by atoms with van der Waals surface area (Å²) in [5.41, 5.74) is 2.91. The minimum atomic E-state index is -0.330. The summed E-state index contributed by atoms with van der Waals surface area (Å²) in [6.45, 7) is 3.67. The quantitative estimate of drug-likeness (QED) is 0.634. The summed E-state index contributed by atoms with van der Waals surface area (Å²) in [6, 6.07) is 0.269. The summed E-state index contributed by atoms with van der Waals surface area (Å²) in [5.74, 6) is 0.526. The number of allylic oxidation sites excluding steroid dienone is 1. The van der Waals surface area contributed by atoms with E-state index < -0.39 is 0 Å². The zero-order valence-electron chi connectivity index (χ0n) is 13.9. The van der Waals surface area contributed by atoms with Crippen LogP contribution < -0.4 is 5.55 Å². The van der Waals surface area contributed by atoms with Crippen molar-refractivity contribution >= 4 is 5.97 Å². The Kier molecular flexibility index (Phi) is 4.94. The summed E-state index contributed by atoms with van der Waals surface area (Å²) in [7, 11) is 0. The molecule has 2 aliphatic rings. The van der Waals surface area contributed by atoms with E-state index in [4.69, 9.17) is 14.1 Å². The minimum Gasteiger partial charge on any atom is -0.456 e. The van der Waals surface area contributed by atoms with Crippen molar-refractivity contribution in [2.45, 2.75) is 70.9 Å². The van der Waals surface area contributed by atoms with Crippen molar-refractivity contribution < 1.29 is 13.9 Å². The number of nitrogens with zero attached hydrogens (tertiary/aromatic N) is 2. The molecule has 2 atom stereocenters. The monoisotopic (exact) mass is 316 g/mol. The predicted molar refractivity (Wildman–Crippen MR) is 85.7 cm³/mol. The second-order valence-corrected chi connectivity index (χ2v) is 6.41. The van der Waals surface area contributed by atoms with Crippen molar-refractivity contribution in [3.05, 3.63) is 34.9 Å². The van der Waals surface area contributed by atoms with E-state index in [1.165, 1.54) is 6.92 Å². The number of rotatable bonds is 3. The van der Waals surface area contributed by atoms with Crippen molar-refractivity contribution in [2.75, 3.05) is 0 Å². The molecule has 5 heteroatoms. The first-order valence-corrected chi connectivity index (χ1v) is 8.48. The first-order chi connectivity index (χ1) is 11.1.